The Labute approximate surface area is 127 Å². The average Bonchev–Trinajstić information content (AvgIpc) is 2.45. The number of aromatic nitrogens is 1. The van der Waals surface area contributed by atoms with Crippen molar-refractivity contribution < 1.29 is 9.53 Å². The molecular weight excluding hydrogens is 266 g/mol. The van der Waals surface area contributed by atoms with Crippen molar-refractivity contribution in [3.63, 3.8) is 0 Å². The Bertz CT molecular complexity index is 461. The fourth-order valence-corrected chi connectivity index (χ4v) is 2.07. The number of anilines is 1. The maximum atomic E-state index is 12.8. The van der Waals surface area contributed by atoms with Crippen LogP contribution in [0.15, 0.2) is 12.3 Å². The molecule has 0 radical (unpaired) electrons. The molecule has 1 N–H and O–H groups in total. The van der Waals surface area contributed by atoms with Gasteiger partial charge in [-0.05, 0) is 33.3 Å². The number of hydrogen-bond acceptors (Lipinski definition) is 4. The van der Waals surface area contributed by atoms with Crippen LogP contribution in [0.2, 0.25) is 0 Å². The maximum absolute atomic E-state index is 12.8. The molecule has 0 saturated carbocycles. The van der Waals surface area contributed by atoms with Crippen molar-refractivity contribution in [1.29, 1.82) is 0 Å². The first-order valence-corrected chi connectivity index (χ1v) is 7.51. The zero-order chi connectivity index (χ0) is 15.8. The predicted molar refractivity (Wildman–Crippen MR) is 85.8 cm³/mol. The van der Waals surface area contributed by atoms with Gasteiger partial charge in [-0.2, -0.15) is 0 Å². The van der Waals surface area contributed by atoms with E-state index in [4.69, 9.17) is 4.74 Å². The monoisotopic (exact) mass is 293 g/mol. The van der Waals surface area contributed by atoms with Gasteiger partial charge in [-0.1, -0.05) is 6.92 Å². The number of methoxy groups -OCH3 is 1. The van der Waals surface area contributed by atoms with E-state index < -0.39 is 0 Å². The van der Waals surface area contributed by atoms with Crippen LogP contribution in [0.5, 0.6) is 0 Å². The molecule has 0 saturated heterocycles. The van der Waals surface area contributed by atoms with Crippen molar-refractivity contribution in [2.24, 2.45) is 0 Å². The Kier molecular flexibility index (Phi) is 7.15. The quantitative estimate of drug-likeness (QED) is 0.800. The molecule has 0 bridgehead atoms. The predicted octanol–water partition coefficient (Wildman–Crippen LogP) is 2.71. The minimum Gasteiger partial charge on any atom is -0.384 e. The summed E-state index contributed by atoms with van der Waals surface area (Å²) in [5.74, 6) is -0.00634. The van der Waals surface area contributed by atoms with E-state index in [0.717, 1.165) is 24.3 Å². The average molecular weight is 293 g/mol. The second-order valence-electron chi connectivity index (χ2n) is 5.38. The fourth-order valence-electron chi connectivity index (χ4n) is 2.07. The SMILES string of the molecule is CCCNc1cc(C)ncc1C(=O)N(CCOC)C(C)C. The van der Waals surface area contributed by atoms with Crippen LogP contribution in [0.25, 0.3) is 0 Å². The van der Waals surface area contributed by atoms with Crippen LogP contribution in [0.4, 0.5) is 5.69 Å². The van der Waals surface area contributed by atoms with Crippen molar-refractivity contribution in [2.45, 2.75) is 40.2 Å². The molecule has 0 aliphatic heterocycles. The molecule has 118 valence electrons. The van der Waals surface area contributed by atoms with E-state index in [1.807, 2.05) is 31.7 Å². The molecular formula is C16H27N3O2. The molecule has 0 spiro atoms. The van der Waals surface area contributed by atoms with Gasteiger partial charge in [0.05, 0.1) is 17.9 Å². The summed E-state index contributed by atoms with van der Waals surface area (Å²) in [4.78, 5) is 18.9. The van der Waals surface area contributed by atoms with E-state index in [1.54, 1.807) is 13.3 Å². The first-order valence-electron chi connectivity index (χ1n) is 7.51. The van der Waals surface area contributed by atoms with Gasteiger partial charge in [0.25, 0.3) is 5.91 Å². The summed E-state index contributed by atoms with van der Waals surface area (Å²) in [6.45, 7) is 9.99. The Balaban J connectivity index is 3.02. The number of nitrogens with zero attached hydrogens (tertiary/aromatic N) is 2. The molecule has 1 heterocycles. The van der Waals surface area contributed by atoms with Crippen molar-refractivity contribution >= 4 is 11.6 Å². The van der Waals surface area contributed by atoms with Gasteiger partial charge in [0.1, 0.15) is 0 Å². The normalized spacial score (nSPS) is 10.8. The highest BCUT2D eigenvalue weighted by atomic mass is 16.5. The lowest BCUT2D eigenvalue weighted by Crippen LogP contribution is -2.39. The second-order valence-corrected chi connectivity index (χ2v) is 5.38. The first-order chi connectivity index (χ1) is 10.0. The number of ether oxygens (including phenoxy) is 1. The maximum Gasteiger partial charge on any atom is 0.257 e. The Hall–Kier alpha value is -1.62. The number of hydrogen-bond donors (Lipinski definition) is 1. The van der Waals surface area contributed by atoms with Crippen molar-refractivity contribution in [3.05, 3.63) is 23.5 Å². The summed E-state index contributed by atoms with van der Waals surface area (Å²) in [5.41, 5.74) is 2.38. The van der Waals surface area contributed by atoms with Crippen molar-refractivity contribution in [2.75, 3.05) is 32.1 Å². The summed E-state index contributed by atoms with van der Waals surface area (Å²) >= 11 is 0. The summed E-state index contributed by atoms with van der Waals surface area (Å²) in [5, 5.41) is 3.32. The van der Waals surface area contributed by atoms with Crippen LogP contribution in [-0.2, 0) is 4.74 Å². The first kappa shape index (κ1) is 17.4. The number of carbonyl (C=O) groups is 1. The van der Waals surface area contributed by atoms with Gasteiger partial charge < -0.3 is 15.0 Å². The van der Waals surface area contributed by atoms with Gasteiger partial charge in [0.15, 0.2) is 0 Å². The fraction of sp³-hybridized carbons (Fsp3) is 0.625. The van der Waals surface area contributed by atoms with E-state index in [1.165, 1.54) is 0 Å². The third-order valence-corrected chi connectivity index (χ3v) is 3.26. The number of rotatable bonds is 8. The summed E-state index contributed by atoms with van der Waals surface area (Å²) in [7, 11) is 1.64. The van der Waals surface area contributed by atoms with E-state index >= 15 is 0 Å². The van der Waals surface area contributed by atoms with Crippen LogP contribution >= 0.6 is 0 Å². The van der Waals surface area contributed by atoms with Crippen LogP contribution < -0.4 is 5.32 Å². The molecule has 0 unspecified atom stereocenters. The van der Waals surface area contributed by atoms with E-state index in [-0.39, 0.29) is 11.9 Å². The summed E-state index contributed by atoms with van der Waals surface area (Å²) < 4.78 is 5.10. The van der Waals surface area contributed by atoms with Crippen molar-refractivity contribution in [1.82, 2.24) is 9.88 Å². The topological polar surface area (TPSA) is 54.5 Å². The molecule has 1 aromatic heterocycles. The van der Waals surface area contributed by atoms with Crippen molar-refractivity contribution in [3.8, 4) is 0 Å². The van der Waals surface area contributed by atoms with Gasteiger partial charge in [0, 0.05) is 38.1 Å². The van der Waals surface area contributed by atoms with Crippen LogP contribution in [0, 0.1) is 6.92 Å². The van der Waals surface area contributed by atoms with Gasteiger partial charge in [0.2, 0.25) is 0 Å². The molecule has 0 aliphatic carbocycles. The molecule has 0 atom stereocenters. The Morgan fingerprint density at radius 3 is 2.76 bits per heavy atom. The Morgan fingerprint density at radius 2 is 2.19 bits per heavy atom. The van der Waals surface area contributed by atoms with E-state index in [9.17, 15) is 4.79 Å². The molecule has 1 aromatic rings. The number of carbonyl (C=O) groups excluding carboxylic acids is 1. The van der Waals surface area contributed by atoms with Gasteiger partial charge >= 0.3 is 0 Å². The number of nitrogens with one attached hydrogen (secondary N) is 1. The smallest absolute Gasteiger partial charge is 0.257 e. The highest BCUT2D eigenvalue weighted by Crippen LogP contribution is 2.19. The number of aryl methyl sites for hydroxylation is 1. The standard InChI is InChI=1S/C16H27N3O2/c1-6-7-17-15-10-13(4)18-11-14(15)16(20)19(12(2)3)8-9-21-5/h10-12H,6-9H2,1-5H3,(H,17,18). The highest BCUT2D eigenvalue weighted by Gasteiger charge is 2.21. The Morgan fingerprint density at radius 1 is 1.48 bits per heavy atom. The lowest BCUT2D eigenvalue weighted by Gasteiger charge is -2.27. The van der Waals surface area contributed by atoms with Gasteiger partial charge in [-0.15, -0.1) is 0 Å². The number of amides is 1. The third kappa shape index (κ3) is 5.01. The molecule has 0 fully saturated rings. The van der Waals surface area contributed by atoms with Gasteiger partial charge in [-0.25, -0.2) is 0 Å². The lowest BCUT2D eigenvalue weighted by atomic mass is 10.1. The molecule has 1 amide bonds. The second kappa shape index (κ2) is 8.62. The lowest BCUT2D eigenvalue weighted by molar-refractivity contribution is 0.0635. The molecule has 5 nitrogen and oxygen atoms in total. The molecule has 5 heteroatoms. The largest absolute Gasteiger partial charge is 0.384 e. The summed E-state index contributed by atoms with van der Waals surface area (Å²) in [6, 6.07) is 2.05. The minimum absolute atomic E-state index is 0.00634. The number of pyridine rings is 1. The highest BCUT2D eigenvalue weighted by molar-refractivity contribution is 5.99. The zero-order valence-electron chi connectivity index (χ0n) is 13.8. The van der Waals surface area contributed by atoms with E-state index in [0.29, 0.717) is 18.7 Å². The van der Waals surface area contributed by atoms with E-state index in [2.05, 4.69) is 17.2 Å². The molecule has 0 aliphatic rings. The third-order valence-electron chi connectivity index (χ3n) is 3.26. The van der Waals surface area contributed by atoms with Crippen LogP contribution in [0.1, 0.15) is 43.2 Å². The van der Waals surface area contributed by atoms with Crippen LogP contribution in [-0.4, -0.2) is 48.6 Å². The zero-order valence-corrected chi connectivity index (χ0v) is 13.8. The molecule has 0 aromatic carbocycles. The minimum atomic E-state index is -0.00634. The molecule has 1 rings (SSSR count). The molecule has 21 heavy (non-hydrogen) atoms. The summed E-state index contributed by atoms with van der Waals surface area (Å²) in [6.07, 6.45) is 2.67. The van der Waals surface area contributed by atoms with Gasteiger partial charge in [-0.3, -0.25) is 9.78 Å². The van der Waals surface area contributed by atoms with Crippen LogP contribution in [0.3, 0.4) is 0 Å².